The highest BCUT2D eigenvalue weighted by Crippen LogP contribution is 2.25. The van der Waals surface area contributed by atoms with Crippen molar-refractivity contribution in [3.8, 4) is 0 Å². The first-order valence-electron chi connectivity index (χ1n) is 7.11. The van der Waals surface area contributed by atoms with Crippen molar-refractivity contribution in [3.63, 3.8) is 0 Å². The fraction of sp³-hybridized carbons (Fsp3) is 0.846. The van der Waals surface area contributed by atoms with Crippen molar-refractivity contribution in [1.82, 2.24) is 15.5 Å². The zero-order valence-corrected chi connectivity index (χ0v) is 12.0. The summed E-state index contributed by atoms with van der Waals surface area (Å²) in [7, 11) is 0. The maximum absolute atomic E-state index is 9.60. The molecular formula is C13H24N4O2. The van der Waals surface area contributed by atoms with Gasteiger partial charge in [0, 0.05) is 19.0 Å². The van der Waals surface area contributed by atoms with Crippen molar-refractivity contribution in [2.45, 2.75) is 45.8 Å². The minimum absolute atomic E-state index is 0.0800. The number of aliphatic hydroxyl groups excluding tert-OH is 1. The van der Waals surface area contributed by atoms with E-state index >= 15 is 0 Å². The molecule has 0 radical (unpaired) electrons. The normalized spacial score (nSPS) is 22.7. The Balaban J connectivity index is 1.94. The molecule has 1 aliphatic rings. The average Bonchev–Trinajstić information content (AvgIpc) is 3.03. The van der Waals surface area contributed by atoms with Crippen molar-refractivity contribution in [1.29, 1.82) is 0 Å². The summed E-state index contributed by atoms with van der Waals surface area (Å²) < 4.78 is 5.71. The van der Waals surface area contributed by atoms with E-state index in [1.165, 1.54) is 0 Å². The van der Waals surface area contributed by atoms with Crippen LogP contribution < -0.4 is 10.2 Å². The number of nitrogens with one attached hydrogen (secondary N) is 1. The monoisotopic (exact) mass is 268 g/mol. The standard InChI is InChI=1S/C13H24N4O2/c1-4-6-14-9(2)12-15-16-13(19-12)17-7-5-11(8-17)10(3)18/h9-11,14,18H,4-8H2,1-3H3. The summed E-state index contributed by atoms with van der Waals surface area (Å²) in [5.74, 6) is 0.926. The maximum atomic E-state index is 9.60. The number of hydrogen-bond acceptors (Lipinski definition) is 6. The number of anilines is 1. The Morgan fingerprint density at radius 3 is 2.89 bits per heavy atom. The predicted molar refractivity (Wildman–Crippen MR) is 73.0 cm³/mol. The van der Waals surface area contributed by atoms with Gasteiger partial charge in [-0.1, -0.05) is 12.0 Å². The Hall–Kier alpha value is -1.14. The minimum atomic E-state index is -0.280. The van der Waals surface area contributed by atoms with Crippen molar-refractivity contribution in [2.24, 2.45) is 5.92 Å². The van der Waals surface area contributed by atoms with Crippen LogP contribution in [0.25, 0.3) is 0 Å². The van der Waals surface area contributed by atoms with E-state index in [1.807, 2.05) is 13.8 Å². The average molecular weight is 268 g/mol. The van der Waals surface area contributed by atoms with Gasteiger partial charge in [-0.3, -0.25) is 0 Å². The van der Waals surface area contributed by atoms with Crippen LogP contribution in [0.2, 0.25) is 0 Å². The molecular weight excluding hydrogens is 244 g/mol. The van der Waals surface area contributed by atoms with E-state index in [1.54, 1.807) is 0 Å². The van der Waals surface area contributed by atoms with Gasteiger partial charge in [-0.2, -0.15) is 0 Å². The second kappa shape index (κ2) is 6.34. The molecule has 19 heavy (non-hydrogen) atoms. The van der Waals surface area contributed by atoms with Gasteiger partial charge in [0.1, 0.15) is 0 Å². The van der Waals surface area contributed by atoms with E-state index in [0.717, 1.165) is 32.5 Å². The molecule has 3 unspecified atom stereocenters. The van der Waals surface area contributed by atoms with Gasteiger partial charge in [0.25, 0.3) is 0 Å². The van der Waals surface area contributed by atoms with Gasteiger partial charge in [0.2, 0.25) is 5.89 Å². The van der Waals surface area contributed by atoms with Crippen LogP contribution >= 0.6 is 0 Å². The van der Waals surface area contributed by atoms with Gasteiger partial charge in [-0.05, 0) is 33.2 Å². The van der Waals surface area contributed by atoms with Gasteiger partial charge < -0.3 is 19.7 Å². The summed E-state index contributed by atoms with van der Waals surface area (Å²) in [6, 6.07) is 0.652. The molecule has 0 bridgehead atoms. The first kappa shape index (κ1) is 14.3. The van der Waals surface area contributed by atoms with Gasteiger partial charge in [0.05, 0.1) is 12.1 Å². The molecule has 3 atom stereocenters. The minimum Gasteiger partial charge on any atom is -0.406 e. The Bertz CT molecular complexity index is 394. The molecule has 0 aromatic carbocycles. The Morgan fingerprint density at radius 2 is 2.26 bits per heavy atom. The molecule has 1 aromatic rings. The highest BCUT2D eigenvalue weighted by atomic mass is 16.4. The fourth-order valence-corrected chi connectivity index (χ4v) is 2.33. The van der Waals surface area contributed by atoms with E-state index in [2.05, 4.69) is 27.3 Å². The van der Waals surface area contributed by atoms with Crippen molar-refractivity contribution in [2.75, 3.05) is 24.5 Å². The molecule has 1 aliphatic heterocycles. The van der Waals surface area contributed by atoms with Crippen LogP contribution in [0, 0.1) is 5.92 Å². The number of nitrogens with zero attached hydrogens (tertiary/aromatic N) is 3. The smallest absolute Gasteiger partial charge is 0.318 e. The van der Waals surface area contributed by atoms with Gasteiger partial charge in [0.15, 0.2) is 0 Å². The van der Waals surface area contributed by atoms with Crippen LogP contribution in [0.1, 0.15) is 45.5 Å². The van der Waals surface area contributed by atoms with Crippen molar-refractivity contribution >= 4 is 6.01 Å². The van der Waals surface area contributed by atoms with Gasteiger partial charge in [-0.15, -0.1) is 5.10 Å². The second-order valence-electron chi connectivity index (χ2n) is 5.33. The summed E-state index contributed by atoms with van der Waals surface area (Å²) >= 11 is 0. The molecule has 6 nitrogen and oxygen atoms in total. The van der Waals surface area contributed by atoms with E-state index < -0.39 is 0 Å². The summed E-state index contributed by atoms with van der Waals surface area (Å²) in [6.45, 7) is 8.58. The summed E-state index contributed by atoms with van der Waals surface area (Å²) in [5.41, 5.74) is 0. The first-order chi connectivity index (χ1) is 9.11. The van der Waals surface area contributed by atoms with Crippen LogP contribution in [-0.2, 0) is 0 Å². The van der Waals surface area contributed by atoms with E-state index in [-0.39, 0.29) is 12.1 Å². The lowest BCUT2D eigenvalue weighted by atomic mass is 10.0. The maximum Gasteiger partial charge on any atom is 0.318 e. The molecule has 1 fully saturated rings. The Kier molecular flexibility index (Phi) is 4.76. The molecule has 2 rings (SSSR count). The predicted octanol–water partition coefficient (Wildman–Crippen LogP) is 1.34. The quantitative estimate of drug-likeness (QED) is 0.811. The summed E-state index contributed by atoms with van der Waals surface area (Å²) in [5, 5.41) is 21.1. The van der Waals surface area contributed by atoms with Crippen LogP contribution in [0.5, 0.6) is 0 Å². The molecule has 6 heteroatoms. The van der Waals surface area contributed by atoms with E-state index in [0.29, 0.717) is 17.8 Å². The topological polar surface area (TPSA) is 74.4 Å². The van der Waals surface area contributed by atoms with E-state index in [4.69, 9.17) is 4.42 Å². The van der Waals surface area contributed by atoms with Crippen molar-refractivity contribution in [3.05, 3.63) is 5.89 Å². The largest absolute Gasteiger partial charge is 0.406 e. The van der Waals surface area contributed by atoms with Crippen LogP contribution in [-0.4, -0.2) is 41.0 Å². The molecule has 2 heterocycles. The fourth-order valence-electron chi connectivity index (χ4n) is 2.33. The molecule has 0 amide bonds. The molecule has 2 N–H and O–H groups in total. The zero-order valence-electron chi connectivity index (χ0n) is 12.0. The Morgan fingerprint density at radius 1 is 1.47 bits per heavy atom. The highest BCUT2D eigenvalue weighted by Gasteiger charge is 2.29. The third kappa shape index (κ3) is 3.45. The second-order valence-corrected chi connectivity index (χ2v) is 5.33. The molecule has 0 aliphatic carbocycles. The lowest BCUT2D eigenvalue weighted by Gasteiger charge is -2.15. The first-order valence-corrected chi connectivity index (χ1v) is 7.11. The number of aromatic nitrogens is 2. The number of rotatable bonds is 6. The van der Waals surface area contributed by atoms with E-state index in [9.17, 15) is 5.11 Å². The summed E-state index contributed by atoms with van der Waals surface area (Å²) in [4.78, 5) is 2.06. The number of hydrogen-bond donors (Lipinski definition) is 2. The SMILES string of the molecule is CCCNC(C)c1nnc(N2CCC(C(C)O)C2)o1. The molecule has 0 spiro atoms. The van der Waals surface area contributed by atoms with Crippen LogP contribution in [0.4, 0.5) is 6.01 Å². The zero-order chi connectivity index (χ0) is 13.8. The van der Waals surface area contributed by atoms with Crippen LogP contribution in [0.15, 0.2) is 4.42 Å². The van der Waals surface area contributed by atoms with Gasteiger partial charge >= 0.3 is 6.01 Å². The molecule has 108 valence electrons. The third-order valence-corrected chi connectivity index (χ3v) is 3.68. The highest BCUT2D eigenvalue weighted by molar-refractivity contribution is 5.26. The molecule has 0 saturated carbocycles. The Labute approximate surface area is 114 Å². The molecule has 1 saturated heterocycles. The van der Waals surface area contributed by atoms with Crippen molar-refractivity contribution < 1.29 is 9.52 Å². The lowest BCUT2D eigenvalue weighted by Crippen LogP contribution is -2.24. The third-order valence-electron chi connectivity index (χ3n) is 3.68. The van der Waals surface area contributed by atoms with Crippen LogP contribution in [0.3, 0.4) is 0 Å². The summed E-state index contributed by atoms with van der Waals surface area (Å²) in [6.07, 6.45) is 1.77. The molecule has 1 aromatic heterocycles. The van der Waals surface area contributed by atoms with Gasteiger partial charge in [-0.25, -0.2) is 0 Å². The number of aliphatic hydroxyl groups is 1. The lowest BCUT2D eigenvalue weighted by molar-refractivity contribution is 0.136.